The number of aromatic carboxylic acids is 1. The third-order valence-corrected chi connectivity index (χ3v) is 6.22. The van der Waals surface area contributed by atoms with E-state index >= 15 is 4.39 Å². The number of methoxy groups -OCH3 is 1. The van der Waals surface area contributed by atoms with Crippen molar-refractivity contribution in [1.82, 2.24) is 4.90 Å². The fraction of sp³-hybridized carbons (Fsp3) is 0.348. The van der Waals surface area contributed by atoms with Gasteiger partial charge in [-0.2, -0.15) is 0 Å². The molecule has 0 aliphatic carbocycles. The van der Waals surface area contributed by atoms with Gasteiger partial charge in [0.2, 0.25) is 5.91 Å². The van der Waals surface area contributed by atoms with Crippen LogP contribution in [0.5, 0.6) is 5.75 Å². The van der Waals surface area contributed by atoms with E-state index in [1.54, 1.807) is 39.0 Å². The van der Waals surface area contributed by atoms with Crippen LogP contribution in [0.4, 0.5) is 4.39 Å². The summed E-state index contributed by atoms with van der Waals surface area (Å²) in [5.41, 5.74) is 5.41. The number of carbonyl (C=O) groups excluding carboxylic acids is 1. The van der Waals surface area contributed by atoms with Crippen molar-refractivity contribution in [2.45, 2.75) is 32.7 Å². The first-order chi connectivity index (χ1) is 14.4. The van der Waals surface area contributed by atoms with Gasteiger partial charge >= 0.3 is 5.97 Å². The predicted octanol–water partition coefficient (Wildman–Crippen LogP) is 3.15. The summed E-state index contributed by atoms with van der Waals surface area (Å²) in [5, 5.41) is 9.30. The summed E-state index contributed by atoms with van der Waals surface area (Å²) < 4.78 is 20.4. The van der Waals surface area contributed by atoms with Crippen molar-refractivity contribution in [3.05, 3.63) is 64.5 Å². The number of carboxylic acid groups (broad SMARTS) is 1. The number of hydrogen-bond acceptors (Lipinski definition) is 5. The van der Waals surface area contributed by atoms with Gasteiger partial charge in [0.15, 0.2) is 5.96 Å². The van der Waals surface area contributed by atoms with Crippen LogP contribution in [0.3, 0.4) is 0 Å². The molecule has 0 fully saturated rings. The molecule has 8 heteroatoms. The Labute approximate surface area is 180 Å². The summed E-state index contributed by atoms with van der Waals surface area (Å²) in [5.74, 6) is -1.26. The van der Waals surface area contributed by atoms with Gasteiger partial charge in [-0.25, -0.2) is 14.2 Å². The van der Waals surface area contributed by atoms with Gasteiger partial charge in [0.1, 0.15) is 17.1 Å². The SMILES string of the molecule is COc1ccc(C(=O)O)cc1Cc1ccc(F)c([C@@]2(C)N=C(N)N(C)C(=O)C2(C)C)c1. The minimum absolute atomic E-state index is 0.0208. The highest BCUT2D eigenvalue weighted by molar-refractivity contribution is 6.01. The third-order valence-electron chi connectivity index (χ3n) is 6.22. The van der Waals surface area contributed by atoms with Gasteiger partial charge in [-0.1, -0.05) is 12.1 Å². The van der Waals surface area contributed by atoms with Crippen LogP contribution < -0.4 is 10.5 Å². The van der Waals surface area contributed by atoms with E-state index in [0.29, 0.717) is 17.7 Å². The van der Waals surface area contributed by atoms with Crippen molar-refractivity contribution in [1.29, 1.82) is 0 Å². The van der Waals surface area contributed by atoms with E-state index in [9.17, 15) is 14.7 Å². The molecule has 1 amide bonds. The number of rotatable bonds is 5. The molecule has 164 valence electrons. The molecule has 0 aromatic heterocycles. The molecule has 1 aliphatic rings. The molecule has 0 radical (unpaired) electrons. The van der Waals surface area contributed by atoms with Crippen LogP contribution in [0.1, 0.15) is 47.8 Å². The van der Waals surface area contributed by atoms with Crippen LogP contribution in [0.15, 0.2) is 41.4 Å². The van der Waals surface area contributed by atoms with E-state index in [1.807, 2.05) is 0 Å². The Bertz CT molecular complexity index is 1100. The smallest absolute Gasteiger partial charge is 0.335 e. The Balaban J connectivity index is 2.11. The predicted molar refractivity (Wildman–Crippen MR) is 115 cm³/mol. The van der Waals surface area contributed by atoms with E-state index in [-0.39, 0.29) is 23.0 Å². The fourth-order valence-corrected chi connectivity index (χ4v) is 3.90. The lowest BCUT2D eigenvalue weighted by Crippen LogP contribution is -2.58. The monoisotopic (exact) mass is 427 g/mol. The Morgan fingerprint density at radius 1 is 1.23 bits per heavy atom. The molecule has 0 bridgehead atoms. The summed E-state index contributed by atoms with van der Waals surface area (Å²) in [6, 6.07) is 9.19. The lowest BCUT2D eigenvalue weighted by Gasteiger charge is -2.46. The first-order valence-corrected chi connectivity index (χ1v) is 9.75. The number of hydrogen-bond donors (Lipinski definition) is 2. The third kappa shape index (κ3) is 3.62. The summed E-state index contributed by atoms with van der Waals surface area (Å²) in [6.07, 6.45) is 0.307. The number of nitrogens with two attached hydrogens (primary N) is 1. The molecule has 1 atom stereocenters. The molecule has 3 N–H and O–H groups in total. The Kier molecular flexibility index (Phi) is 5.52. The molecule has 0 spiro atoms. The lowest BCUT2D eigenvalue weighted by atomic mass is 9.67. The Morgan fingerprint density at radius 3 is 2.52 bits per heavy atom. The number of carbonyl (C=O) groups is 2. The van der Waals surface area contributed by atoms with Crippen LogP contribution in [0.25, 0.3) is 0 Å². The Morgan fingerprint density at radius 2 is 1.90 bits per heavy atom. The zero-order valence-corrected chi connectivity index (χ0v) is 18.2. The number of guanidine groups is 1. The first-order valence-electron chi connectivity index (χ1n) is 9.75. The van der Waals surface area contributed by atoms with E-state index in [0.717, 1.165) is 5.56 Å². The van der Waals surface area contributed by atoms with Crippen LogP contribution >= 0.6 is 0 Å². The van der Waals surface area contributed by atoms with Crippen LogP contribution in [-0.4, -0.2) is 42.0 Å². The second kappa shape index (κ2) is 7.68. The van der Waals surface area contributed by atoms with Crippen molar-refractivity contribution in [3.63, 3.8) is 0 Å². The molecule has 3 rings (SSSR count). The summed E-state index contributed by atoms with van der Waals surface area (Å²) in [6.45, 7) is 5.12. The largest absolute Gasteiger partial charge is 0.496 e. The van der Waals surface area contributed by atoms with Gasteiger partial charge < -0.3 is 15.6 Å². The quantitative estimate of drug-likeness (QED) is 0.763. The molecule has 0 saturated heterocycles. The molecule has 0 unspecified atom stereocenters. The summed E-state index contributed by atoms with van der Waals surface area (Å²) in [7, 11) is 3.04. The number of benzene rings is 2. The maximum Gasteiger partial charge on any atom is 0.335 e. The second-order valence-electron chi connectivity index (χ2n) is 8.35. The number of ether oxygens (including phenoxy) is 1. The van der Waals surface area contributed by atoms with Gasteiger partial charge in [-0.15, -0.1) is 0 Å². The molecular weight excluding hydrogens is 401 g/mol. The summed E-state index contributed by atoms with van der Waals surface area (Å²) >= 11 is 0. The van der Waals surface area contributed by atoms with Gasteiger partial charge in [-0.3, -0.25) is 9.69 Å². The topological polar surface area (TPSA) is 105 Å². The second-order valence-corrected chi connectivity index (χ2v) is 8.35. The van der Waals surface area contributed by atoms with Crippen molar-refractivity contribution in [3.8, 4) is 5.75 Å². The van der Waals surface area contributed by atoms with Crippen LogP contribution in [0, 0.1) is 11.2 Å². The summed E-state index contributed by atoms with van der Waals surface area (Å²) in [4.78, 5) is 30.0. The zero-order valence-electron chi connectivity index (χ0n) is 18.2. The fourth-order valence-electron chi connectivity index (χ4n) is 3.90. The number of amides is 1. The average molecular weight is 427 g/mol. The van der Waals surface area contributed by atoms with Gasteiger partial charge in [-0.05, 0) is 56.2 Å². The standard InChI is InChI=1S/C23H26FN3O4/c1-22(2)20(30)27(4)21(25)26-23(22,3)16-11-13(6-8-17(16)24)10-15-12-14(19(28)29)7-9-18(15)31-5/h6-9,11-12H,10H2,1-5H3,(H2,25,26)(H,28,29)/t23-/m1/s1. The Hall–Kier alpha value is -3.42. The zero-order chi connectivity index (χ0) is 23.1. The average Bonchev–Trinajstić information content (AvgIpc) is 2.72. The molecule has 0 saturated carbocycles. The van der Waals surface area contributed by atoms with Crippen molar-refractivity contribution in [2.75, 3.05) is 14.2 Å². The highest BCUT2D eigenvalue weighted by Crippen LogP contribution is 2.47. The van der Waals surface area contributed by atoms with Crippen LogP contribution in [0.2, 0.25) is 0 Å². The number of carboxylic acids is 1. The van der Waals surface area contributed by atoms with Crippen molar-refractivity contribution >= 4 is 17.8 Å². The van der Waals surface area contributed by atoms with Crippen molar-refractivity contribution in [2.24, 2.45) is 16.1 Å². The highest BCUT2D eigenvalue weighted by atomic mass is 19.1. The molecule has 1 aliphatic heterocycles. The van der Waals surface area contributed by atoms with Crippen molar-refractivity contribution < 1.29 is 23.8 Å². The normalized spacial score (nSPS) is 20.4. The molecule has 1 heterocycles. The molecule has 2 aromatic rings. The first kappa shape index (κ1) is 22.3. The molecule has 31 heavy (non-hydrogen) atoms. The van der Waals surface area contributed by atoms with Gasteiger partial charge in [0.25, 0.3) is 0 Å². The molecular formula is C23H26FN3O4. The van der Waals surface area contributed by atoms with Gasteiger partial charge in [0.05, 0.1) is 18.1 Å². The lowest BCUT2D eigenvalue weighted by molar-refractivity contribution is -0.140. The van der Waals surface area contributed by atoms with E-state index in [2.05, 4.69) is 4.99 Å². The van der Waals surface area contributed by atoms with E-state index < -0.39 is 22.7 Å². The highest BCUT2D eigenvalue weighted by Gasteiger charge is 2.53. The van der Waals surface area contributed by atoms with E-state index in [4.69, 9.17) is 10.5 Å². The number of nitrogens with zero attached hydrogens (tertiary/aromatic N) is 2. The minimum Gasteiger partial charge on any atom is -0.496 e. The maximum absolute atomic E-state index is 15.0. The minimum atomic E-state index is -1.23. The van der Waals surface area contributed by atoms with Gasteiger partial charge in [0, 0.05) is 19.0 Å². The maximum atomic E-state index is 15.0. The molecule has 2 aromatic carbocycles. The number of halogens is 1. The van der Waals surface area contributed by atoms with Crippen LogP contribution in [-0.2, 0) is 16.8 Å². The number of aliphatic imine (C=N–C) groups is 1. The molecule has 7 nitrogen and oxygen atoms in total. The van der Waals surface area contributed by atoms with E-state index in [1.165, 1.54) is 37.3 Å².